The van der Waals surface area contributed by atoms with Crippen LogP contribution in [0.4, 0.5) is 11.4 Å². The zero-order chi connectivity index (χ0) is 14.8. The molecule has 1 fully saturated rings. The minimum Gasteiger partial charge on any atom is -0.382 e. The maximum atomic E-state index is 11.1. The third kappa shape index (κ3) is 4.26. The predicted molar refractivity (Wildman–Crippen MR) is 85.0 cm³/mol. The highest BCUT2D eigenvalue weighted by Gasteiger charge is 2.31. The van der Waals surface area contributed by atoms with Gasteiger partial charge < -0.3 is 10.6 Å². The summed E-state index contributed by atoms with van der Waals surface area (Å²) in [5.41, 5.74) is 2.35. The van der Waals surface area contributed by atoms with Crippen molar-refractivity contribution < 1.29 is 4.79 Å². The number of nitrogens with one attached hydrogen (secondary N) is 2. The molecule has 0 saturated heterocycles. The Morgan fingerprint density at radius 1 is 1.25 bits per heavy atom. The van der Waals surface area contributed by atoms with Crippen LogP contribution in [0, 0.1) is 11.3 Å². The van der Waals surface area contributed by atoms with Gasteiger partial charge in [-0.05, 0) is 48.8 Å². The molecule has 1 aliphatic carbocycles. The van der Waals surface area contributed by atoms with Gasteiger partial charge in [-0.3, -0.25) is 4.79 Å². The van der Waals surface area contributed by atoms with Crippen LogP contribution in [-0.2, 0) is 4.79 Å². The zero-order valence-corrected chi connectivity index (χ0v) is 13.0. The highest BCUT2D eigenvalue weighted by molar-refractivity contribution is 5.89. The summed E-state index contributed by atoms with van der Waals surface area (Å²) >= 11 is 0. The van der Waals surface area contributed by atoms with Gasteiger partial charge in [0.15, 0.2) is 0 Å². The predicted octanol–water partition coefficient (Wildman–Crippen LogP) is 4.27. The molecule has 1 aromatic carbocycles. The van der Waals surface area contributed by atoms with E-state index in [0.29, 0.717) is 11.5 Å². The Hall–Kier alpha value is -1.51. The van der Waals surface area contributed by atoms with Crippen LogP contribution in [0.2, 0.25) is 0 Å². The van der Waals surface area contributed by atoms with Crippen LogP contribution in [0.5, 0.6) is 0 Å². The van der Waals surface area contributed by atoms with Gasteiger partial charge in [-0.15, -0.1) is 0 Å². The van der Waals surface area contributed by atoms with Gasteiger partial charge in [0.25, 0.3) is 0 Å². The Morgan fingerprint density at radius 3 is 2.60 bits per heavy atom. The van der Waals surface area contributed by atoms with Crippen molar-refractivity contribution in [3.05, 3.63) is 24.3 Å². The van der Waals surface area contributed by atoms with E-state index < -0.39 is 0 Å². The van der Waals surface area contributed by atoms with Gasteiger partial charge in [-0.25, -0.2) is 0 Å². The monoisotopic (exact) mass is 274 g/mol. The summed E-state index contributed by atoms with van der Waals surface area (Å²) < 4.78 is 0. The SMILES string of the molecule is CC(=O)Nc1cccc(NC2CC(C)CC(C)(C)C2)c1. The second-order valence-electron chi connectivity index (χ2n) is 7.02. The number of rotatable bonds is 3. The molecule has 0 bridgehead atoms. The third-order valence-electron chi connectivity index (χ3n) is 3.94. The van der Waals surface area contributed by atoms with Gasteiger partial charge in [0.05, 0.1) is 0 Å². The number of hydrogen-bond donors (Lipinski definition) is 2. The van der Waals surface area contributed by atoms with Gasteiger partial charge in [-0.1, -0.05) is 26.8 Å². The van der Waals surface area contributed by atoms with Gasteiger partial charge in [-0.2, -0.15) is 0 Å². The fraction of sp³-hybridized carbons (Fsp3) is 0.588. The van der Waals surface area contributed by atoms with Crippen LogP contribution in [0.15, 0.2) is 24.3 Å². The van der Waals surface area contributed by atoms with Crippen molar-refractivity contribution in [3.8, 4) is 0 Å². The lowest BCUT2D eigenvalue weighted by atomic mass is 9.70. The fourth-order valence-electron chi connectivity index (χ4n) is 3.58. The van der Waals surface area contributed by atoms with E-state index in [9.17, 15) is 4.79 Å². The number of hydrogen-bond acceptors (Lipinski definition) is 2. The van der Waals surface area contributed by atoms with Crippen LogP contribution in [-0.4, -0.2) is 11.9 Å². The normalized spacial score (nSPS) is 25.0. The molecule has 0 radical (unpaired) electrons. The van der Waals surface area contributed by atoms with E-state index in [1.165, 1.54) is 26.2 Å². The molecular formula is C17H26N2O. The van der Waals surface area contributed by atoms with Gasteiger partial charge in [0.2, 0.25) is 5.91 Å². The van der Waals surface area contributed by atoms with Gasteiger partial charge in [0.1, 0.15) is 0 Å². The lowest BCUT2D eigenvalue weighted by Crippen LogP contribution is -2.35. The molecule has 2 atom stereocenters. The summed E-state index contributed by atoms with van der Waals surface area (Å²) in [5.74, 6) is 0.726. The average molecular weight is 274 g/mol. The van der Waals surface area contributed by atoms with Crippen LogP contribution in [0.1, 0.15) is 47.0 Å². The summed E-state index contributed by atoms with van der Waals surface area (Å²) in [6.07, 6.45) is 3.71. The van der Waals surface area contributed by atoms with Gasteiger partial charge >= 0.3 is 0 Å². The molecule has 2 rings (SSSR count). The summed E-state index contributed by atoms with van der Waals surface area (Å²) in [6, 6.07) is 8.48. The van der Waals surface area contributed by atoms with Crippen LogP contribution in [0.25, 0.3) is 0 Å². The zero-order valence-electron chi connectivity index (χ0n) is 13.0. The molecule has 2 unspecified atom stereocenters. The third-order valence-corrected chi connectivity index (χ3v) is 3.94. The van der Waals surface area contributed by atoms with Crippen molar-refractivity contribution in [1.82, 2.24) is 0 Å². The number of amides is 1. The Kier molecular flexibility index (Phi) is 4.36. The van der Waals surface area contributed by atoms with E-state index in [4.69, 9.17) is 0 Å². The van der Waals surface area contributed by atoms with E-state index in [2.05, 4.69) is 37.5 Å². The number of carbonyl (C=O) groups is 1. The Balaban J connectivity index is 2.04. The highest BCUT2D eigenvalue weighted by Crippen LogP contribution is 2.39. The first-order valence-electron chi connectivity index (χ1n) is 7.48. The quantitative estimate of drug-likeness (QED) is 0.864. The molecule has 2 N–H and O–H groups in total. The largest absolute Gasteiger partial charge is 0.382 e. The molecule has 0 spiro atoms. The molecule has 3 nitrogen and oxygen atoms in total. The molecular weight excluding hydrogens is 248 g/mol. The van der Waals surface area contributed by atoms with Crippen LogP contribution >= 0.6 is 0 Å². The maximum absolute atomic E-state index is 11.1. The first-order chi connectivity index (χ1) is 9.34. The summed E-state index contributed by atoms with van der Waals surface area (Å²) in [6.45, 7) is 8.57. The fourth-order valence-corrected chi connectivity index (χ4v) is 3.58. The Labute approximate surface area is 122 Å². The minimum absolute atomic E-state index is 0.0328. The maximum Gasteiger partial charge on any atom is 0.221 e. The first kappa shape index (κ1) is 14.9. The lowest BCUT2D eigenvalue weighted by molar-refractivity contribution is -0.114. The molecule has 20 heavy (non-hydrogen) atoms. The van der Waals surface area contributed by atoms with E-state index in [-0.39, 0.29) is 5.91 Å². The molecule has 110 valence electrons. The number of anilines is 2. The first-order valence-corrected chi connectivity index (χ1v) is 7.48. The molecule has 1 aliphatic rings. The smallest absolute Gasteiger partial charge is 0.221 e. The molecule has 1 saturated carbocycles. The highest BCUT2D eigenvalue weighted by atomic mass is 16.1. The second-order valence-corrected chi connectivity index (χ2v) is 7.02. The molecule has 0 heterocycles. The van der Waals surface area contributed by atoms with Crippen LogP contribution < -0.4 is 10.6 Å². The van der Waals surface area contributed by atoms with E-state index in [0.717, 1.165) is 17.3 Å². The van der Waals surface area contributed by atoms with E-state index in [1.54, 1.807) is 0 Å². The molecule has 0 aliphatic heterocycles. The molecule has 1 aromatic rings. The topological polar surface area (TPSA) is 41.1 Å². The van der Waals surface area contributed by atoms with Crippen molar-refractivity contribution >= 4 is 17.3 Å². The second kappa shape index (κ2) is 5.86. The van der Waals surface area contributed by atoms with E-state index >= 15 is 0 Å². The average Bonchev–Trinajstić information content (AvgIpc) is 2.24. The van der Waals surface area contributed by atoms with Crippen molar-refractivity contribution in [2.24, 2.45) is 11.3 Å². The molecule has 1 amide bonds. The van der Waals surface area contributed by atoms with Crippen molar-refractivity contribution in [2.45, 2.75) is 53.0 Å². The number of carbonyl (C=O) groups excluding carboxylic acids is 1. The molecule has 0 aromatic heterocycles. The Morgan fingerprint density at radius 2 is 1.95 bits per heavy atom. The van der Waals surface area contributed by atoms with E-state index in [1.807, 2.05) is 18.2 Å². The summed E-state index contributed by atoms with van der Waals surface area (Å²) in [4.78, 5) is 11.1. The standard InChI is InChI=1S/C17H26N2O/c1-12-8-16(11-17(3,4)10-12)19-15-7-5-6-14(9-15)18-13(2)20/h5-7,9,12,16,19H,8,10-11H2,1-4H3,(H,18,20). The number of benzene rings is 1. The Bertz CT molecular complexity index is 482. The van der Waals surface area contributed by atoms with Crippen LogP contribution in [0.3, 0.4) is 0 Å². The minimum atomic E-state index is -0.0328. The summed E-state index contributed by atoms with van der Waals surface area (Å²) in [5, 5.41) is 6.46. The molecule has 3 heteroatoms. The van der Waals surface area contributed by atoms with Gasteiger partial charge in [0, 0.05) is 24.3 Å². The summed E-state index contributed by atoms with van der Waals surface area (Å²) in [7, 11) is 0. The van der Waals surface area contributed by atoms with Crippen molar-refractivity contribution in [3.63, 3.8) is 0 Å². The van der Waals surface area contributed by atoms with Crippen molar-refractivity contribution in [1.29, 1.82) is 0 Å². The lowest BCUT2D eigenvalue weighted by Gasteiger charge is -2.39. The van der Waals surface area contributed by atoms with Crippen molar-refractivity contribution in [2.75, 3.05) is 10.6 Å².